The molecular weight excluding hydrogens is 366 g/mol. The molecule has 2 amide bonds. The SMILES string of the molecule is COc1ccccc1N(CCC(N)=O)C(=O)CN1CCC[C@@H]1Cc1ccccc1. The van der Waals surface area contributed by atoms with E-state index in [4.69, 9.17) is 10.5 Å². The Morgan fingerprint density at radius 3 is 2.59 bits per heavy atom. The van der Waals surface area contributed by atoms with Gasteiger partial charge < -0.3 is 15.4 Å². The third kappa shape index (κ3) is 5.57. The van der Waals surface area contributed by atoms with E-state index in [-0.39, 0.29) is 18.9 Å². The predicted octanol–water partition coefficient (Wildman–Crippen LogP) is 2.61. The highest BCUT2D eigenvalue weighted by Gasteiger charge is 2.29. The monoisotopic (exact) mass is 395 g/mol. The summed E-state index contributed by atoms with van der Waals surface area (Å²) in [6, 6.07) is 18.1. The first kappa shape index (κ1) is 20.9. The molecule has 1 aliphatic rings. The van der Waals surface area contributed by atoms with Gasteiger partial charge in [-0.1, -0.05) is 42.5 Å². The maximum atomic E-state index is 13.3. The van der Waals surface area contributed by atoms with Crippen LogP contribution in [0.3, 0.4) is 0 Å². The zero-order chi connectivity index (χ0) is 20.6. The molecule has 154 valence electrons. The molecule has 3 rings (SSSR count). The number of benzene rings is 2. The van der Waals surface area contributed by atoms with E-state index < -0.39 is 5.91 Å². The van der Waals surface area contributed by atoms with Crippen LogP contribution in [-0.4, -0.2) is 49.5 Å². The first-order valence-corrected chi connectivity index (χ1v) is 10.1. The van der Waals surface area contributed by atoms with E-state index in [1.165, 1.54) is 5.56 Å². The van der Waals surface area contributed by atoms with Gasteiger partial charge >= 0.3 is 0 Å². The Morgan fingerprint density at radius 2 is 1.86 bits per heavy atom. The molecule has 2 aromatic rings. The maximum absolute atomic E-state index is 13.3. The Balaban J connectivity index is 1.74. The van der Waals surface area contributed by atoms with Gasteiger partial charge in [-0.25, -0.2) is 0 Å². The van der Waals surface area contributed by atoms with Gasteiger partial charge in [-0.2, -0.15) is 0 Å². The minimum Gasteiger partial charge on any atom is -0.495 e. The fraction of sp³-hybridized carbons (Fsp3) is 0.391. The Bertz CT molecular complexity index is 825. The Hall–Kier alpha value is -2.86. The molecule has 0 aliphatic carbocycles. The summed E-state index contributed by atoms with van der Waals surface area (Å²) in [7, 11) is 1.58. The lowest BCUT2D eigenvalue weighted by Gasteiger charge is -2.29. The summed E-state index contributed by atoms with van der Waals surface area (Å²) in [4.78, 5) is 28.5. The van der Waals surface area contributed by atoms with Crippen LogP contribution < -0.4 is 15.4 Å². The summed E-state index contributed by atoms with van der Waals surface area (Å²) in [6.07, 6.45) is 3.21. The van der Waals surface area contributed by atoms with Gasteiger partial charge in [-0.3, -0.25) is 14.5 Å². The van der Waals surface area contributed by atoms with Crippen LogP contribution in [0.2, 0.25) is 0 Å². The van der Waals surface area contributed by atoms with Gasteiger partial charge in [-0.05, 0) is 43.5 Å². The van der Waals surface area contributed by atoms with Crippen LogP contribution in [0.1, 0.15) is 24.8 Å². The van der Waals surface area contributed by atoms with Gasteiger partial charge in [0.1, 0.15) is 5.75 Å². The maximum Gasteiger partial charge on any atom is 0.241 e. The van der Waals surface area contributed by atoms with Crippen molar-refractivity contribution in [2.45, 2.75) is 31.7 Å². The number of nitrogens with zero attached hydrogens (tertiary/aromatic N) is 2. The highest BCUT2D eigenvalue weighted by molar-refractivity contribution is 5.96. The second-order valence-electron chi connectivity index (χ2n) is 7.39. The number of ether oxygens (including phenoxy) is 1. The third-order valence-electron chi connectivity index (χ3n) is 5.41. The number of carbonyl (C=O) groups excluding carboxylic acids is 2. The molecule has 0 spiro atoms. The quantitative estimate of drug-likeness (QED) is 0.708. The van der Waals surface area contributed by atoms with Crippen LogP contribution in [0.15, 0.2) is 54.6 Å². The van der Waals surface area contributed by atoms with Crippen molar-refractivity contribution in [3.8, 4) is 5.75 Å². The molecule has 0 bridgehead atoms. The molecule has 0 unspecified atom stereocenters. The molecule has 0 saturated carbocycles. The number of nitrogens with two attached hydrogens (primary N) is 1. The van der Waals surface area contributed by atoms with E-state index in [1.807, 2.05) is 42.5 Å². The molecule has 0 radical (unpaired) electrons. The van der Waals surface area contributed by atoms with Crippen LogP contribution in [0.25, 0.3) is 0 Å². The van der Waals surface area contributed by atoms with Crippen LogP contribution in [0.5, 0.6) is 5.75 Å². The number of methoxy groups -OCH3 is 1. The lowest BCUT2D eigenvalue weighted by molar-refractivity contribution is -0.120. The van der Waals surface area contributed by atoms with Crippen molar-refractivity contribution in [2.24, 2.45) is 5.73 Å². The van der Waals surface area contributed by atoms with Gasteiger partial charge in [0.25, 0.3) is 0 Å². The first-order chi connectivity index (χ1) is 14.1. The summed E-state index contributed by atoms with van der Waals surface area (Å²) in [5, 5.41) is 0. The largest absolute Gasteiger partial charge is 0.495 e. The summed E-state index contributed by atoms with van der Waals surface area (Å²) >= 11 is 0. The topological polar surface area (TPSA) is 75.9 Å². The van der Waals surface area contributed by atoms with E-state index >= 15 is 0 Å². The normalized spacial score (nSPS) is 16.5. The van der Waals surface area contributed by atoms with E-state index in [0.717, 1.165) is 25.8 Å². The first-order valence-electron chi connectivity index (χ1n) is 10.1. The number of para-hydroxylation sites is 2. The average molecular weight is 396 g/mol. The van der Waals surface area contributed by atoms with E-state index in [1.54, 1.807) is 12.0 Å². The summed E-state index contributed by atoms with van der Waals surface area (Å²) < 4.78 is 5.43. The fourth-order valence-electron chi connectivity index (χ4n) is 3.93. The number of likely N-dealkylation sites (tertiary alicyclic amines) is 1. The molecular formula is C23H29N3O3. The van der Waals surface area contributed by atoms with E-state index in [9.17, 15) is 9.59 Å². The van der Waals surface area contributed by atoms with Gasteiger partial charge in [0.05, 0.1) is 19.3 Å². The van der Waals surface area contributed by atoms with E-state index in [2.05, 4.69) is 17.0 Å². The second kappa shape index (κ2) is 10.1. The molecule has 1 saturated heterocycles. The number of carbonyl (C=O) groups is 2. The van der Waals surface area contributed by atoms with Crippen molar-refractivity contribution in [1.29, 1.82) is 0 Å². The molecule has 1 heterocycles. The molecule has 1 atom stereocenters. The summed E-state index contributed by atoms with van der Waals surface area (Å²) in [5.74, 6) is 0.129. The van der Waals surface area contributed by atoms with Crippen molar-refractivity contribution in [3.05, 3.63) is 60.2 Å². The molecule has 0 aromatic heterocycles. The number of hydrogen-bond acceptors (Lipinski definition) is 4. The average Bonchev–Trinajstić information content (AvgIpc) is 3.15. The molecule has 29 heavy (non-hydrogen) atoms. The van der Waals surface area contributed by atoms with Gasteiger partial charge in [-0.15, -0.1) is 0 Å². The molecule has 1 fully saturated rings. The molecule has 1 aliphatic heterocycles. The smallest absolute Gasteiger partial charge is 0.241 e. The number of amides is 2. The third-order valence-corrected chi connectivity index (χ3v) is 5.41. The molecule has 6 heteroatoms. The van der Waals surface area contributed by atoms with Crippen LogP contribution in [0, 0.1) is 0 Å². The van der Waals surface area contributed by atoms with Crippen molar-refractivity contribution in [3.63, 3.8) is 0 Å². The van der Waals surface area contributed by atoms with Crippen molar-refractivity contribution >= 4 is 17.5 Å². The molecule has 6 nitrogen and oxygen atoms in total. The van der Waals surface area contributed by atoms with Crippen molar-refractivity contribution in [1.82, 2.24) is 4.90 Å². The Morgan fingerprint density at radius 1 is 1.14 bits per heavy atom. The minimum atomic E-state index is -0.430. The summed E-state index contributed by atoms with van der Waals surface area (Å²) in [5.41, 5.74) is 7.29. The van der Waals surface area contributed by atoms with Crippen LogP contribution in [0.4, 0.5) is 5.69 Å². The van der Waals surface area contributed by atoms with E-state index in [0.29, 0.717) is 24.0 Å². The van der Waals surface area contributed by atoms with Crippen LogP contribution >= 0.6 is 0 Å². The number of hydrogen-bond donors (Lipinski definition) is 1. The lowest BCUT2D eigenvalue weighted by Crippen LogP contribution is -2.44. The fourth-order valence-corrected chi connectivity index (χ4v) is 3.93. The number of anilines is 1. The standard InChI is InChI=1S/C23H29N3O3/c1-29-21-12-6-5-11-20(21)26(15-13-22(24)27)23(28)17-25-14-7-10-19(25)16-18-8-3-2-4-9-18/h2-6,8-9,11-12,19H,7,10,13-17H2,1H3,(H2,24,27)/t19-/m1/s1. The highest BCUT2D eigenvalue weighted by atomic mass is 16.5. The van der Waals surface area contributed by atoms with Gasteiger partial charge in [0.2, 0.25) is 11.8 Å². The Labute approximate surface area is 172 Å². The van der Waals surface area contributed by atoms with Crippen molar-refractivity contribution < 1.29 is 14.3 Å². The highest BCUT2D eigenvalue weighted by Crippen LogP contribution is 2.29. The second-order valence-corrected chi connectivity index (χ2v) is 7.39. The molecule has 2 aromatic carbocycles. The van der Waals surface area contributed by atoms with Gasteiger partial charge in [0, 0.05) is 19.0 Å². The lowest BCUT2D eigenvalue weighted by atomic mass is 10.0. The number of primary amides is 1. The molecule has 2 N–H and O–H groups in total. The summed E-state index contributed by atoms with van der Waals surface area (Å²) in [6.45, 7) is 1.46. The Kier molecular flexibility index (Phi) is 7.25. The number of rotatable bonds is 9. The van der Waals surface area contributed by atoms with Gasteiger partial charge in [0.15, 0.2) is 0 Å². The zero-order valence-corrected chi connectivity index (χ0v) is 16.9. The zero-order valence-electron chi connectivity index (χ0n) is 16.9. The minimum absolute atomic E-state index is 0.0456. The predicted molar refractivity (Wildman–Crippen MR) is 114 cm³/mol. The van der Waals surface area contributed by atoms with Crippen LogP contribution in [-0.2, 0) is 16.0 Å². The van der Waals surface area contributed by atoms with Crippen molar-refractivity contribution in [2.75, 3.05) is 31.6 Å².